The molecule has 1 aromatic rings. The number of aliphatic hydroxyl groups is 1. The molecule has 0 aromatic heterocycles. The van der Waals surface area contributed by atoms with Crippen LogP contribution in [-0.4, -0.2) is 5.11 Å². The van der Waals surface area contributed by atoms with Crippen LogP contribution in [0.2, 0.25) is 0 Å². The van der Waals surface area contributed by atoms with E-state index in [1.807, 2.05) is 30.3 Å². The minimum Gasteiger partial charge on any atom is -0.388 e. The van der Waals surface area contributed by atoms with Crippen molar-refractivity contribution in [3.8, 4) is 0 Å². The van der Waals surface area contributed by atoms with Crippen LogP contribution in [0.15, 0.2) is 30.3 Å². The Balaban J connectivity index is 1.74. The van der Waals surface area contributed by atoms with Crippen LogP contribution in [0.5, 0.6) is 0 Å². The van der Waals surface area contributed by atoms with Gasteiger partial charge in [0.25, 0.3) is 0 Å². The number of rotatable bonds is 19. The van der Waals surface area contributed by atoms with Gasteiger partial charge in [0.1, 0.15) is 0 Å². The average molecular weight is 375 g/mol. The zero-order valence-corrected chi connectivity index (χ0v) is 18.1. The van der Waals surface area contributed by atoms with Gasteiger partial charge in [-0.3, -0.25) is 0 Å². The molecule has 0 saturated carbocycles. The molecule has 156 valence electrons. The molecule has 1 rings (SSSR count). The standard InChI is InChI=1S/C26H46O/c1-2-3-4-5-6-7-8-9-10-11-12-13-14-15-16-17-21-24-26(27)25-22-19-18-20-23-25/h18-20,22-23,26-27H,2-17,21,24H2,1H3/t26-/m1/s1. The first-order chi connectivity index (χ1) is 13.3. The normalized spacial score (nSPS) is 12.4. The molecule has 0 aliphatic carbocycles. The molecular weight excluding hydrogens is 328 g/mol. The summed E-state index contributed by atoms with van der Waals surface area (Å²) < 4.78 is 0. The molecule has 1 N–H and O–H groups in total. The van der Waals surface area contributed by atoms with Crippen molar-refractivity contribution in [3.05, 3.63) is 35.9 Å². The number of benzene rings is 1. The highest BCUT2D eigenvalue weighted by atomic mass is 16.3. The van der Waals surface area contributed by atoms with Crippen LogP contribution in [0.4, 0.5) is 0 Å². The highest BCUT2D eigenvalue weighted by molar-refractivity contribution is 5.16. The molecule has 0 amide bonds. The minimum atomic E-state index is -0.275. The van der Waals surface area contributed by atoms with Gasteiger partial charge in [-0.05, 0) is 12.0 Å². The van der Waals surface area contributed by atoms with Crippen LogP contribution >= 0.6 is 0 Å². The van der Waals surface area contributed by atoms with E-state index in [2.05, 4.69) is 6.92 Å². The second kappa shape index (κ2) is 18.5. The van der Waals surface area contributed by atoms with Crippen molar-refractivity contribution in [2.75, 3.05) is 0 Å². The van der Waals surface area contributed by atoms with Gasteiger partial charge in [0.2, 0.25) is 0 Å². The average Bonchev–Trinajstić information content (AvgIpc) is 2.70. The van der Waals surface area contributed by atoms with Crippen molar-refractivity contribution >= 4 is 0 Å². The van der Waals surface area contributed by atoms with E-state index >= 15 is 0 Å². The number of hydrogen-bond donors (Lipinski definition) is 1. The zero-order chi connectivity index (χ0) is 19.4. The second-order valence-corrected chi connectivity index (χ2v) is 8.37. The predicted octanol–water partition coefficient (Wildman–Crippen LogP) is 8.76. The summed E-state index contributed by atoms with van der Waals surface area (Å²) in [6.45, 7) is 2.29. The Hall–Kier alpha value is -0.820. The predicted molar refractivity (Wildman–Crippen MR) is 120 cm³/mol. The lowest BCUT2D eigenvalue weighted by Crippen LogP contribution is -1.96. The number of hydrogen-bond acceptors (Lipinski definition) is 1. The smallest absolute Gasteiger partial charge is 0.0790 e. The molecule has 0 spiro atoms. The minimum absolute atomic E-state index is 0.275. The van der Waals surface area contributed by atoms with Crippen LogP contribution in [0.3, 0.4) is 0 Å². The lowest BCUT2D eigenvalue weighted by Gasteiger charge is -2.10. The monoisotopic (exact) mass is 374 g/mol. The summed E-state index contributed by atoms with van der Waals surface area (Å²) >= 11 is 0. The van der Waals surface area contributed by atoms with Gasteiger partial charge in [-0.25, -0.2) is 0 Å². The lowest BCUT2D eigenvalue weighted by atomic mass is 10.0. The summed E-state index contributed by atoms with van der Waals surface area (Å²) in [7, 11) is 0. The molecule has 1 nitrogen and oxygen atoms in total. The third-order valence-electron chi connectivity index (χ3n) is 5.77. The van der Waals surface area contributed by atoms with E-state index in [1.54, 1.807) is 0 Å². The first-order valence-electron chi connectivity index (χ1n) is 12.1. The summed E-state index contributed by atoms with van der Waals surface area (Å²) in [5.41, 5.74) is 1.06. The molecule has 0 radical (unpaired) electrons. The van der Waals surface area contributed by atoms with Crippen molar-refractivity contribution in [1.82, 2.24) is 0 Å². The Morgan fingerprint density at radius 1 is 0.556 bits per heavy atom. The Bertz CT molecular complexity index is 400. The van der Waals surface area contributed by atoms with Crippen molar-refractivity contribution in [2.24, 2.45) is 0 Å². The van der Waals surface area contributed by atoms with Crippen molar-refractivity contribution in [2.45, 2.75) is 129 Å². The van der Waals surface area contributed by atoms with Gasteiger partial charge in [0.15, 0.2) is 0 Å². The topological polar surface area (TPSA) is 20.2 Å². The Morgan fingerprint density at radius 3 is 1.33 bits per heavy atom. The third kappa shape index (κ3) is 14.9. The molecule has 1 heteroatoms. The molecule has 27 heavy (non-hydrogen) atoms. The van der Waals surface area contributed by atoms with Crippen molar-refractivity contribution < 1.29 is 5.11 Å². The third-order valence-corrected chi connectivity index (χ3v) is 5.77. The molecule has 0 aliphatic heterocycles. The van der Waals surface area contributed by atoms with Gasteiger partial charge < -0.3 is 5.11 Å². The van der Waals surface area contributed by atoms with Crippen LogP contribution in [0, 0.1) is 0 Å². The second-order valence-electron chi connectivity index (χ2n) is 8.37. The fraction of sp³-hybridized carbons (Fsp3) is 0.769. The van der Waals surface area contributed by atoms with Gasteiger partial charge >= 0.3 is 0 Å². The highest BCUT2D eigenvalue weighted by Gasteiger charge is 2.05. The van der Waals surface area contributed by atoms with Crippen LogP contribution in [-0.2, 0) is 0 Å². The van der Waals surface area contributed by atoms with E-state index in [0.717, 1.165) is 18.4 Å². The lowest BCUT2D eigenvalue weighted by molar-refractivity contribution is 0.163. The summed E-state index contributed by atoms with van der Waals surface area (Å²) in [5, 5.41) is 10.1. The largest absolute Gasteiger partial charge is 0.388 e. The van der Waals surface area contributed by atoms with Gasteiger partial charge in [-0.15, -0.1) is 0 Å². The summed E-state index contributed by atoms with van der Waals surface area (Å²) in [5.74, 6) is 0. The molecule has 0 bridgehead atoms. The first kappa shape index (κ1) is 24.2. The fourth-order valence-corrected chi connectivity index (χ4v) is 3.90. The van der Waals surface area contributed by atoms with Crippen molar-refractivity contribution in [3.63, 3.8) is 0 Å². The maximum Gasteiger partial charge on any atom is 0.0790 e. The van der Waals surface area contributed by atoms with Crippen molar-refractivity contribution in [1.29, 1.82) is 0 Å². The molecule has 0 fully saturated rings. The van der Waals surface area contributed by atoms with Crippen LogP contribution < -0.4 is 0 Å². The molecule has 1 aromatic carbocycles. The number of aliphatic hydroxyl groups excluding tert-OH is 1. The number of unbranched alkanes of at least 4 members (excludes halogenated alkanes) is 16. The molecule has 0 saturated heterocycles. The van der Waals surface area contributed by atoms with Gasteiger partial charge in [-0.1, -0.05) is 146 Å². The molecule has 0 heterocycles. The molecule has 1 atom stereocenters. The van der Waals surface area contributed by atoms with E-state index < -0.39 is 0 Å². The first-order valence-corrected chi connectivity index (χ1v) is 12.1. The molecule has 0 unspecified atom stereocenters. The van der Waals surface area contributed by atoms with Gasteiger partial charge in [-0.2, -0.15) is 0 Å². The zero-order valence-electron chi connectivity index (χ0n) is 18.1. The fourth-order valence-electron chi connectivity index (χ4n) is 3.90. The van der Waals surface area contributed by atoms with Gasteiger partial charge in [0.05, 0.1) is 6.10 Å². The SMILES string of the molecule is CCCCCCCCCCCCCCCCCCC[C@@H](O)c1ccccc1. The summed E-state index contributed by atoms with van der Waals surface area (Å²) in [6, 6.07) is 10.1. The van der Waals surface area contributed by atoms with E-state index in [-0.39, 0.29) is 6.10 Å². The Kier molecular flexibility index (Phi) is 16.6. The Labute approximate surface area is 170 Å². The van der Waals surface area contributed by atoms with Crippen LogP contribution in [0.1, 0.15) is 134 Å². The maximum absolute atomic E-state index is 10.1. The summed E-state index contributed by atoms with van der Waals surface area (Å²) in [4.78, 5) is 0. The quantitative estimate of drug-likeness (QED) is 0.240. The summed E-state index contributed by atoms with van der Waals surface area (Å²) in [6.07, 6.45) is 24.4. The molecular formula is C26H46O. The maximum atomic E-state index is 10.1. The van der Waals surface area contributed by atoms with Crippen LogP contribution in [0.25, 0.3) is 0 Å². The highest BCUT2D eigenvalue weighted by Crippen LogP contribution is 2.20. The molecule has 0 aliphatic rings. The van der Waals surface area contributed by atoms with E-state index in [9.17, 15) is 5.11 Å². The Morgan fingerprint density at radius 2 is 0.926 bits per heavy atom. The van der Waals surface area contributed by atoms with Gasteiger partial charge in [0, 0.05) is 0 Å². The van der Waals surface area contributed by atoms with E-state index in [4.69, 9.17) is 0 Å². The van der Waals surface area contributed by atoms with E-state index in [1.165, 1.54) is 103 Å². The van der Waals surface area contributed by atoms with E-state index in [0.29, 0.717) is 0 Å².